The van der Waals surface area contributed by atoms with Crippen LogP contribution in [0.4, 0.5) is 5.69 Å². The number of sulfonamides is 1. The van der Waals surface area contributed by atoms with E-state index >= 15 is 0 Å². The Morgan fingerprint density at radius 3 is 2.71 bits per heavy atom. The maximum atomic E-state index is 12.9. The van der Waals surface area contributed by atoms with Crippen molar-refractivity contribution in [1.82, 2.24) is 0 Å². The zero-order valence-electron chi connectivity index (χ0n) is 14.2. The number of anilines is 1. The van der Waals surface area contributed by atoms with E-state index in [0.29, 0.717) is 17.1 Å². The first-order valence-corrected chi connectivity index (χ1v) is 10.4. The van der Waals surface area contributed by atoms with Gasteiger partial charge in [0.05, 0.1) is 0 Å². The van der Waals surface area contributed by atoms with Crippen LogP contribution >= 0.6 is 11.6 Å². The minimum absolute atomic E-state index is 0.320. The number of allylic oxidation sites excluding steroid dienone is 3. The van der Waals surface area contributed by atoms with E-state index < -0.39 is 14.8 Å². The third-order valence-electron chi connectivity index (χ3n) is 4.98. The highest BCUT2D eigenvalue weighted by atomic mass is 35.5. The Morgan fingerprint density at radius 2 is 2.00 bits per heavy atom. The lowest BCUT2D eigenvalue weighted by Crippen LogP contribution is -2.39. The lowest BCUT2D eigenvalue weighted by molar-refractivity contribution is 0.566. The molecule has 2 aliphatic carbocycles. The Morgan fingerprint density at radius 1 is 1.25 bits per heavy atom. The summed E-state index contributed by atoms with van der Waals surface area (Å²) in [6.45, 7) is 3.81. The second-order valence-electron chi connectivity index (χ2n) is 6.95. The number of aryl methyl sites for hydroxylation is 2. The van der Waals surface area contributed by atoms with E-state index in [0.717, 1.165) is 37.7 Å². The molecule has 2 aliphatic rings. The molecule has 0 saturated heterocycles. The molecular weight excluding hydrogens is 342 g/mol. The summed E-state index contributed by atoms with van der Waals surface area (Å²) in [6, 6.07) is 5.86. The van der Waals surface area contributed by atoms with Crippen LogP contribution in [0.25, 0.3) is 0 Å². The van der Waals surface area contributed by atoms with Gasteiger partial charge < -0.3 is 0 Å². The third-order valence-corrected chi connectivity index (χ3v) is 7.36. The van der Waals surface area contributed by atoms with Gasteiger partial charge in [0.1, 0.15) is 4.75 Å². The van der Waals surface area contributed by atoms with Crippen LogP contribution in [0.15, 0.2) is 41.0 Å². The number of halogens is 1. The van der Waals surface area contributed by atoms with E-state index in [1.807, 2.05) is 24.3 Å². The molecule has 0 spiro atoms. The van der Waals surface area contributed by atoms with Gasteiger partial charge in [-0.2, -0.15) is 0 Å². The molecule has 1 unspecified atom stereocenters. The Balaban J connectivity index is 1.82. The molecule has 1 N–H and O–H groups in total. The molecule has 130 valence electrons. The molecule has 5 heteroatoms. The predicted molar refractivity (Wildman–Crippen MR) is 101 cm³/mol. The number of rotatable bonds is 5. The van der Waals surface area contributed by atoms with Crippen molar-refractivity contribution < 1.29 is 8.42 Å². The molecule has 1 atom stereocenters. The molecule has 0 radical (unpaired) electrons. The summed E-state index contributed by atoms with van der Waals surface area (Å²) in [6.07, 6.45) is 9.10. The minimum Gasteiger partial charge on any atom is -0.283 e. The molecule has 0 heterocycles. The highest BCUT2D eigenvalue weighted by Crippen LogP contribution is 2.37. The van der Waals surface area contributed by atoms with Gasteiger partial charge in [-0.1, -0.05) is 43.2 Å². The largest absolute Gasteiger partial charge is 0.283 e. The van der Waals surface area contributed by atoms with Crippen LogP contribution in [0.1, 0.15) is 50.7 Å². The van der Waals surface area contributed by atoms with Gasteiger partial charge in [-0.15, -0.1) is 0 Å². The van der Waals surface area contributed by atoms with E-state index in [1.54, 1.807) is 13.0 Å². The second-order valence-corrected chi connectivity index (χ2v) is 9.55. The summed E-state index contributed by atoms with van der Waals surface area (Å²) in [5, 5.41) is 0.654. The highest BCUT2D eigenvalue weighted by molar-refractivity contribution is 7.94. The number of nitrogens with one attached hydrogen (secondary N) is 1. The quantitative estimate of drug-likeness (QED) is 0.804. The Labute approximate surface area is 149 Å². The molecule has 1 aromatic rings. The average Bonchev–Trinajstić information content (AvgIpc) is 2.97. The molecule has 0 saturated carbocycles. The third kappa shape index (κ3) is 3.27. The maximum Gasteiger partial charge on any atom is 0.242 e. The van der Waals surface area contributed by atoms with Crippen molar-refractivity contribution in [3.05, 3.63) is 52.1 Å². The summed E-state index contributed by atoms with van der Waals surface area (Å²) in [4.78, 5) is 0. The average molecular weight is 366 g/mol. The summed E-state index contributed by atoms with van der Waals surface area (Å²) in [5.41, 5.74) is 4.27. The first kappa shape index (κ1) is 17.6. The first-order chi connectivity index (χ1) is 11.3. The Kier molecular flexibility index (Phi) is 4.80. The van der Waals surface area contributed by atoms with Crippen molar-refractivity contribution in [2.75, 3.05) is 4.72 Å². The van der Waals surface area contributed by atoms with E-state index in [9.17, 15) is 8.42 Å². The lowest BCUT2D eigenvalue weighted by atomic mass is 9.95. The number of benzene rings is 1. The Bertz CT molecular complexity index is 811. The number of hydrogen-bond acceptors (Lipinski definition) is 2. The summed E-state index contributed by atoms with van der Waals surface area (Å²) < 4.78 is 27.6. The van der Waals surface area contributed by atoms with Crippen LogP contribution in [0.3, 0.4) is 0 Å². The summed E-state index contributed by atoms with van der Waals surface area (Å²) in [7, 11) is -3.58. The van der Waals surface area contributed by atoms with Crippen molar-refractivity contribution in [3.8, 4) is 0 Å². The smallest absolute Gasteiger partial charge is 0.242 e. The Hall–Kier alpha value is -1.26. The van der Waals surface area contributed by atoms with Gasteiger partial charge in [0.2, 0.25) is 10.0 Å². The fraction of sp³-hybridized carbons (Fsp3) is 0.474. The number of fused-ring (bicyclic) bond motifs is 1. The van der Waals surface area contributed by atoms with Crippen molar-refractivity contribution in [1.29, 1.82) is 0 Å². The monoisotopic (exact) mass is 365 g/mol. The molecule has 24 heavy (non-hydrogen) atoms. The van der Waals surface area contributed by atoms with Gasteiger partial charge >= 0.3 is 0 Å². The van der Waals surface area contributed by atoms with Crippen LogP contribution < -0.4 is 4.72 Å². The van der Waals surface area contributed by atoms with Crippen molar-refractivity contribution >= 4 is 27.3 Å². The van der Waals surface area contributed by atoms with E-state index in [4.69, 9.17) is 11.6 Å². The first-order valence-electron chi connectivity index (χ1n) is 8.55. The highest BCUT2D eigenvalue weighted by Gasteiger charge is 2.39. The van der Waals surface area contributed by atoms with Crippen LogP contribution in [0.5, 0.6) is 0 Å². The molecule has 0 amide bonds. The zero-order chi connectivity index (χ0) is 17.4. The zero-order valence-corrected chi connectivity index (χ0v) is 15.8. The van der Waals surface area contributed by atoms with Crippen molar-refractivity contribution in [3.63, 3.8) is 0 Å². The van der Waals surface area contributed by atoms with Gasteiger partial charge in [0.15, 0.2) is 0 Å². The molecule has 0 aliphatic heterocycles. The second kappa shape index (κ2) is 6.57. The standard InChI is InChI=1S/C19H24ClNO2S/c1-3-5-15-10-11-19(2,13-18(15)20)24(22,23)21-17-9-8-14-6-4-7-16(14)12-17/h8-12,21H,3-7,13H2,1-2H3. The lowest BCUT2D eigenvalue weighted by Gasteiger charge is -2.30. The molecule has 0 bridgehead atoms. The predicted octanol–water partition coefficient (Wildman–Crippen LogP) is 4.93. The van der Waals surface area contributed by atoms with E-state index in [2.05, 4.69) is 11.6 Å². The van der Waals surface area contributed by atoms with Crippen molar-refractivity contribution in [2.45, 2.75) is 57.1 Å². The molecule has 3 nitrogen and oxygen atoms in total. The van der Waals surface area contributed by atoms with Crippen LogP contribution in [0, 0.1) is 0 Å². The van der Waals surface area contributed by atoms with Crippen LogP contribution in [0.2, 0.25) is 0 Å². The molecule has 0 aromatic heterocycles. The molecule has 1 aromatic carbocycles. The fourth-order valence-corrected chi connectivity index (χ4v) is 5.19. The molecule has 3 rings (SSSR count). The van der Waals surface area contributed by atoms with E-state index in [-0.39, 0.29) is 0 Å². The van der Waals surface area contributed by atoms with Gasteiger partial charge in [-0.25, -0.2) is 8.42 Å². The summed E-state index contributed by atoms with van der Waals surface area (Å²) in [5.74, 6) is 0. The van der Waals surface area contributed by atoms with Crippen LogP contribution in [-0.4, -0.2) is 13.2 Å². The number of hydrogen-bond donors (Lipinski definition) is 1. The topological polar surface area (TPSA) is 46.2 Å². The normalized spacial score (nSPS) is 23.5. The van der Waals surface area contributed by atoms with Gasteiger partial charge in [0, 0.05) is 17.1 Å². The molecule has 0 fully saturated rings. The van der Waals surface area contributed by atoms with Crippen LogP contribution in [-0.2, 0) is 22.9 Å². The van der Waals surface area contributed by atoms with Crippen molar-refractivity contribution in [2.24, 2.45) is 0 Å². The fourth-order valence-electron chi connectivity index (χ4n) is 3.43. The SMILES string of the molecule is CCCC1=C(Cl)CC(C)(S(=O)(=O)Nc2ccc3c(c2)CCC3)C=C1. The summed E-state index contributed by atoms with van der Waals surface area (Å²) >= 11 is 6.37. The van der Waals surface area contributed by atoms with Gasteiger partial charge in [0.25, 0.3) is 0 Å². The minimum atomic E-state index is -3.58. The molecular formula is C19H24ClNO2S. The van der Waals surface area contributed by atoms with Gasteiger partial charge in [-0.05, 0) is 61.4 Å². The van der Waals surface area contributed by atoms with E-state index in [1.165, 1.54) is 11.1 Å². The maximum absolute atomic E-state index is 12.9. The van der Waals surface area contributed by atoms with Gasteiger partial charge in [-0.3, -0.25) is 4.72 Å².